The third kappa shape index (κ3) is 9.37. The van der Waals surface area contributed by atoms with Crippen molar-refractivity contribution in [3.05, 3.63) is 29.8 Å². The molecule has 6 nitrogen and oxygen atoms in total. The lowest BCUT2D eigenvalue weighted by molar-refractivity contribution is 0.0487. The molecule has 0 radical (unpaired) electrons. The Kier molecular flexibility index (Phi) is 11.5. The van der Waals surface area contributed by atoms with Crippen molar-refractivity contribution in [3.8, 4) is 5.75 Å². The zero-order chi connectivity index (χ0) is 17.5. The van der Waals surface area contributed by atoms with Gasteiger partial charge in [0.1, 0.15) is 5.75 Å². The molecule has 1 aromatic rings. The highest BCUT2D eigenvalue weighted by molar-refractivity contribution is 5.79. The fraction of sp³-hybridized carbons (Fsp3) is 0.611. The molecule has 0 aromatic heterocycles. The summed E-state index contributed by atoms with van der Waals surface area (Å²) >= 11 is 0. The summed E-state index contributed by atoms with van der Waals surface area (Å²) in [4.78, 5) is 4.19. The van der Waals surface area contributed by atoms with Gasteiger partial charge in [-0.3, -0.25) is 4.99 Å². The molecule has 136 valence electrons. The molecule has 0 heterocycles. The maximum Gasteiger partial charge on any atom is 0.191 e. The van der Waals surface area contributed by atoms with Gasteiger partial charge in [0.15, 0.2) is 5.96 Å². The first-order chi connectivity index (χ1) is 11.8. The molecule has 0 spiro atoms. The molecular formula is C18H31N3O3. The molecule has 0 amide bonds. The van der Waals surface area contributed by atoms with Crippen molar-refractivity contribution in [1.82, 2.24) is 10.6 Å². The standard InChI is InChI=1S/C18H31N3O3/c1-4-5-11-23-13-14-24-12-10-20-18(19-2)21-15-16-6-8-17(22-3)9-7-16/h6-9H,4-5,10-15H2,1-3H3,(H2,19,20,21). The number of aliphatic imine (C=N–C) groups is 1. The summed E-state index contributed by atoms with van der Waals surface area (Å²) in [6.45, 7) is 6.29. The minimum absolute atomic E-state index is 0.625. The van der Waals surface area contributed by atoms with Gasteiger partial charge >= 0.3 is 0 Å². The van der Waals surface area contributed by atoms with Crippen LogP contribution in [0, 0.1) is 0 Å². The molecule has 2 N–H and O–H groups in total. The van der Waals surface area contributed by atoms with Gasteiger partial charge in [-0.1, -0.05) is 25.5 Å². The molecule has 0 aliphatic rings. The smallest absolute Gasteiger partial charge is 0.191 e. The molecule has 0 bridgehead atoms. The van der Waals surface area contributed by atoms with Crippen LogP contribution in [0.5, 0.6) is 5.75 Å². The number of methoxy groups -OCH3 is 1. The number of ether oxygens (including phenoxy) is 3. The highest BCUT2D eigenvalue weighted by Crippen LogP contribution is 2.10. The van der Waals surface area contributed by atoms with Crippen molar-refractivity contribution in [3.63, 3.8) is 0 Å². The third-order valence-corrected chi connectivity index (χ3v) is 3.40. The van der Waals surface area contributed by atoms with Gasteiger partial charge < -0.3 is 24.8 Å². The normalized spacial score (nSPS) is 11.4. The molecular weight excluding hydrogens is 306 g/mol. The van der Waals surface area contributed by atoms with Crippen LogP contribution in [0.15, 0.2) is 29.3 Å². The molecule has 0 aliphatic heterocycles. The van der Waals surface area contributed by atoms with Gasteiger partial charge in [-0.05, 0) is 24.1 Å². The van der Waals surface area contributed by atoms with E-state index in [1.54, 1.807) is 14.2 Å². The minimum atomic E-state index is 0.625. The predicted molar refractivity (Wildman–Crippen MR) is 97.7 cm³/mol. The van der Waals surface area contributed by atoms with Gasteiger partial charge in [0.05, 0.1) is 26.9 Å². The van der Waals surface area contributed by atoms with Crippen LogP contribution in [0.3, 0.4) is 0 Å². The van der Waals surface area contributed by atoms with Crippen molar-refractivity contribution < 1.29 is 14.2 Å². The average Bonchev–Trinajstić information content (AvgIpc) is 2.63. The quantitative estimate of drug-likeness (QED) is 0.348. The Bertz CT molecular complexity index is 449. The van der Waals surface area contributed by atoms with Crippen molar-refractivity contribution >= 4 is 5.96 Å². The van der Waals surface area contributed by atoms with E-state index < -0.39 is 0 Å². The molecule has 0 fully saturated rings. The first-order valence-electron chi connectivity index (χ1n) is 8.53. The van der Waals surface area contributed by atoms with Gasteiger partial charge in [0.25, 0.3) is 0 Å². The molecule has 6 heteroatoms. The maximum absolute atomic E-state index is 5.51. The Morgan fingerprint density at radius 2 is 1.71 bits per heavy atom. The number of nitrogens with one attached hydrogen (secondary N) is 2. The molecule has 0 saturated heterocycles. The number of benzene rings is 1. The summed E-state index contributed by atoms with van der Waals surface area (Å²) in [7, 11) is 3.42. The zero-order valence-electron chi connectivity index (χ0n) is 15.1. The average molecular weight is 337 g/mol. The number of hydrogen-bond acceptors (Lipinski definition) is 4. The monoisotopic (exact) mass is 337 g/mol. The number of guanidine groups is 1. The van der Waals surface area contributed by atoms with Gasteiger partial charge in [0.2, 0.25) is 0 Å². The number of nitrogens with zero attached hydrogens (tertiary/aromatic N) is 1. The van der Waals surface area contributed by atoms with Crippen LogP contribution in [0.4, 0.5) is 0 Å². The number of hydrogen-bond donors (Lipinski definition) is 2. The van der Waals surface area contributed by atoms with Gasteiger partial charge in [-0.25, -0.2) is 0 Å². The Balaban J connectivity index is 2.08. The first kappa shape index (κ1) is 20.3. The van der Waals surface area contributed by atoms with Crippen LogP contribution in [0.2, 0.25) is 0 Å². The summed E-state index contributed by atoms with van der Waals surface area (Å²) < 4.78 is 16.1. The Labute approximate surface area is 145 Å². The Hall–Kier alpha value is -1.79. The van der Waals surface area contributed by atoms with Crippen molar-refractivity contribution in [2.24, 2.45) is 4.99 Å². The lowest BCUT2D eigenvalue weighted by atomic mass is 10.2. The number of unbranched alkanes of at least 4 members (excludes halogenated alkanes) is 1. The second-order valence-electron chi connectivity index (χ2n) is 5.28. The SMILES string of the molecule is CCCCOCCOCCNC(=NC)NCc1ccc(OC)cc1. The summed E-state index contributed by atoms with van der Waals surface area (Å²) in [6, 6.07) is 7.95. The fourth-order valence-corrected chi connectivity index (χ4v) is 1.96. The topological polar surface area (TPSA) is 64.1 Å². The highest BCUT2D eigenvalue weighted by Gasteiger charge is 1.99. The van der Waals surface area contributed by atoms with Gasteiger partial charge in [-0.15, -0.1) is 0 Å². The van der Waals surface area contributed by atoms with Crippen LogP contribution in [-0.2, 0) is 16.0 Å². The summed E-state index contributed by atoms with van der Waals surface area (Å²) in [5, 5.41) is 6.49. The summed E-state index contributed by atoms with van der Waals surface area (Å²) in [5.74, 6) is 1.62. The zero-order valence-corrected chi connectivity index (χ0v) is 15.1. The number of rotatable bonds is 12. The van der Waals surface area contributed by atoms with E-state index in [4.69, 9.17) is 14.2 Å². The van der Waals surface area contributed by atoms with E-state index in [2.05, 4.69) is 22.5 Å². The van der Waals surface area contributed by atoms with Crippen molar-refractivity contribution in [2.75, 3.05) is 47.1 Å². The summed E-state index contributed by atoms with van der Waals surface area (Å²) in [6.07, 6.45) is 2.27. The van der Waals surface area contributed by atoms with E-state index in [9.17, 15) is 0 Å². The van der Waals surface area contributed by atoms with Crippen LogP contribution >= 0.6 is 0 Å². The Morgan fingerprint density at radius 1 is 1.00 bits per heavy atom. The van der Waals surface area contributed by atoms with Crippen molar-refractivity contribution in [2.45, 2.75) is 26.3 Å². The lowest BCUT2D eigenvalue weighted by Crippen LogP contribution is -2.38. The van der Waals surface area contributed by atoms with Crippen LogP contribution in [-0.4, -0.2) is 53.1 Å². The minimum Gasteiger partial charge on any atom is -0.497 e. The maximum atomic E-state index is 5.51. The van der Waals surface area contributed by atoms with Gasteiger partial charge in [0, 0.05) is 26.7 Å². The molecule has 24 heavy (non-hydrogen) atoms. The van der Waals surface area contributed by atoms with Crippen LogP contribution < -0.4 is 15.4 Å². The van der Waals surface area contributed by atoms with E-state index in [1.807, 2.05) is 24.3 Å². The largest absolute Gasteiger partial charge is 0.497 e. The molecule has 0 saturated carbocycles. The molecule has 0 unspecified atom stereocenters. The second-order valence-corrected chi connectivity index (χ2v) is 5.28. The van der Waals surface area contributed by atoms with E-state index >= 15 is 0 Å². The molecule has 0 atom stereocenters. The van der Waals surface area contributed by atoms with Crippen LogP contribution in [0.25, 0.3) is 0 Å². The lowest BCUT2D eigenvalue weighted by Gasteiger charge is -2.12. The second kappa shape index (κ2) is 13.6. The highest BCUT2D eigenvalue weighted by atomic mass is 16.5. The molecule has 1 aromatic carbocycles. The third-order valence-electron chi connectivity index (χ3n) is 3.40. The van der Waals surface area contributed by atoms with Crippen molar-refractivity contribution in [1.29, 1.82) is 0 Å². The summed E-state index contributed by atoms with van der Waals surface area (Å²) in [5.41, 5.74) is 1.17. The molecule has 0 aliphatic carbocycles. The fourth-order valence-electron chi connectivity index (χ4n) is 1.96. The van der Waals surface area contributed by atoms with E-state index in [0.717, 1.165) is 31.2 Å². The molecule has 1 rings (SSSR count). The van der Waals surface area contributed by atoms with E-state index in [0.29, 0.717) is 32.9 Å². The Morgan fingerprint density at radius 3 is 2.33 bits per heavy atom. The van der Waals surface area contributed by atoms with E-state index in [-0.39, 0.29) is 0 Å². The first-order valence-corrected chi connectivity index (χ1v) is 8.53. The van der Waals surface area contributed by atoms with Gasteiger partial charge in [-0.2, -0.15) is 0 Å². The van der Waals surface area contributed by atoms with E-state index in [1.165, 1.54) is 5.56 Å². The predicted octanol–water partition coefficient (Wildman–Crippen LogP) is 2.19. The van der Waals surface area contributed by atoms with Crippen LogP contribution in [0.1, 0.15) is 25.3 Å².